The van der Waals surface area contributed by atoms with Gasteiger partial charge in [-0.3, -0.25) is 9.36 Å². The topological polar surface area (TPSA) is 72.2 Å². The molecule has 0 atom stereocenters. The molecule has 6 heteroatoms. The highest BCUT2D eigenvalue weighted by atomic mass is 32.1. The van der Waals surface area contributed by atoms with Gasteiger partial charge in [0.25, 0.3) is 5.56 Å². The van der Waals surface area contributed by atoms with Gasteiger partial charge in [-0.15, -0.1) is 11.3 Å². The summed E-state index contributed by atoms with van der Waals surface area (Å²) in [5.74, 6) is -0.317. The molecule has 0 aromatic carbocycles. The Bertz CT molecular complexity index is 658. The number of hydrogen-bond donors (Lipinski definition) is 1. The summed E-state index contributed by atoms with van der Waals surface area (Å²) in [6.45, 7) is 3.89. The predicted octanol–water partition coefficient (Wildman–Crippen LogP) is 1.67. The van der Waals surface area contributed by atoms with Gasteiger partial charge in [0.15, 0.2) is 0 Å². The normalized spacial score (nSPS) is 10.6. The number of carbonyl (C=O) groups is 1. The number of aryl methyl sites for hydroxylation is 2. The number of carboxylic acids is 1. The van der Waals surface area contributed by atoms with Crippen LogP contribution in [0.25, 0.3) is 0 Å². The van der Waals surface area contributed by atoms with Crippen molar-refractivity contribution in [2.75, 3.05) is 0 Å². The largest absolute Gasteiger partial charge is 0.477 e. The van der Waals surface area contributed by atoms with Crippen molar-refractivity contribution in [3.8, 4) is 0 Å². The Balaban J connectivity index is 2.34. The highest BCUT2D eigenvalue weighted by Gasteiger charge is 2.09. The van der Waals surface area contributed by atoms with E-state index in [0.717, 1.165) is 4.88 Å². The summed E-state index contributed by atoms with van der Waals surface area (Å²) in [6, 6.07) is 4.74. The van der Waals surface area contributed by atoms with E-state index in [-0.39, 0.29) is 10.4 Å². The van der Waals surface area contributed by atoms with E-state index in [9.17, 15) is 9.59 Å². The van der Waals surface area contributed by atoms with Gasteiger partial charge in [-0.2, -0.15) is 0 Å². The van der Waals surface area contributed by atoms with Crippen molar-refractivity contribution >= 4 is 17.3 Å². The fourth-order valence-electron chi connectivity index (χ4n) is 1.69. The number of hydrogen-bond acceptors (Lipinski definition) is 4. The molecule has 0 amide bonds. The lowest BCUT2D eigenvalue weighted by Crippen LogP contribution is -2.23. The molecule has 2 rings (SSSR count). The van der Waals surface area contributed by atoms with Crippen LogP contribution in [-0.2, 0) is 6.54 Å². The standard InChI is InChI=1S/C12H12N2O3S/c1-7-5-11(15)14(8(2)13-7)6-9-3-4-10(18-9)12(16)17/h3-5H,6H2,1-2H3,(H,16,17). The van der Waals surface area contributed by atoms with Crippen LogP contribution >= 0.6 is 11.3 Å². The Morgan fingerprint density at radius 2 is 2.17 bits per heavy atom. The van der Waals surface area contributed by atoms with Gasteiger partial charge in [-0.25, -0.2) is 9.78 Å². The van der Waals surface area contributed by atoms with Crippen molar-refractivity contribution in [1.29, 1.82) is 0 Å². The molecular weight excluding hydrogens is 252 g/mol. The smallest absolute Gasteiger partial charge is 0.345 e. The lowest BCUT2D eigenvalue weighted by molar-refractivity contribution is 0.0702. The predicted molar refractivity (Wildman–Crippen MR) is 68.4 cm³/mol. The van der Waals surface area contributed by atoms with E-state index in [4.69, 9.17) is 5.11 Å². The van der Waals surface area contributed by atoms with E-state index < -0.39 is 5.97 Å². The Kier molecular flexibility index (Phi) is 3.29. The highest BCUT2D eigenvalue weighted by Crippen LogP contribution is 2.17. The van der Waals surface area contributed by atoms with Crippen molar-refractivity contribution in [3.63, 3.8) is 0 Å². The van der Waals surface area contributed by atoms with Crippen LogP contribution in [0, 0.1) is 13.8 Å². The molecule has 0 unspecified atom stereocenters. The average molecular weight is 264 g/mol. The van der Waals surface area contributed by atoms with Crippen LogP contribution < -0.4 is 5.56 Å². The first-order valence-corrected chi connectivity index (χ1v) is 6.16. The van der Waals surface area contributed by atoms with Crippen molar-refractivity contribution in [2.45, 2.75) is 20.4 Å². The van der Waals surface area contributed by atoms with Crippen LogP contribution in [0.15, 0.2) is 23.0 Å². The molecule has 94 valence electrons. The Hall–Kier alpha value is -1.95. The molecule has 0 radical (unpaired) electrons. The highest BCUT2D eigenvalue weighted by molar-refractivity contribution is 7.13. The van der Waals surface area contributed by atoms with Crippen molar-refractivity contribution in [1.82, 2.24) is 9.55 Å². The van der Waals surface area contributed by atoms with Gasteiger partial charge in [0, 0.05) is 16.6 Å². The van der Waals surface area contributed by atoms with Crippen LogP contribution in [0.2, 0.25) is 0 Å². The van der Waals surface area contributed by atoms with Gasteiger partial charge >= 0.3 is 5.97 Å². The zero-order chi connectivity index (χ0) is 13.3. The molecule has 0 spiro atoms. The van der Waals surface area contributed by atoms with Crippen LogP contribution in [0.1, 0.15) is 26.1 Å². The van der Waals surface area contributed by atoms with E-state index in [1.54, 1.807) is 26.0 Å². The van der Waals surface area contributed by atoms with Gasteiger partial charge in [-0.1, -0.05) is 0 Å². The molecule has 18 heavy (non-hydrogen) atoms. The molecule has 5 nitrogen and oxygen atoms in total. The molecule has 1 N–H and O–H groups in total. The van der Waals surface area contributed by atoms with Crippen molar-refractivity contribution in [3.05, 3.63) is 49.8 Å². The number of aromatic nitrogens is 2. The molecule has 2 heterocycles. The summed E-state index contributed by atoms with van der Waals surface area (Å²) in [4.78, 5) is 27.9. The number of carboxylic acid groups (broad SMARTS) is 1. The number of thiophene rings is 1. The quantitative estimate of drug-likeness (QED) is 0.915. The van der Waals surface area contributed by atoms with Crippen LogP contribution in [0.4, 0.5) is 0 Å². The average Bonchev–Trinajstić information content (AvgIpc) is 2.71. The number of rotatable bonds is 3. The molecule has 0 aliphatic heterocycles. The third kappa shape index (κ3) is 2.48. The van der Waals surface area contributed by atoms with E-state index in [1.165, 1.54) is 22.0 Å². The molecule has 0 aliphatic rings. The summed E-state index contributed by atoms with van der Waals surface area (Å²) in [6.07, 6.45) is 0. The Labute approximate surface area is 107 Å². The monoisotopic (exact) mass is 264 g/mol. The second-order valence-electron chi connectivity index (χ2n) is 3.94. The summed E-state index contributed by atoms with van der Waals surface area (Å²) in [7, 11) is 0. The van der Waals surface area contributed by atoms with Gasteiger partial charge in [-0.05, 0) is 26.0 Å². The SMILES string of the molecule is Cc1cc(=O)n(Cc2ccc(C(=O)O)s2)c(C)n1. The summed E-state index contributed by atoms with van der Waals surface area (Å²) in [5.41, 5.74) is 0.566. The van der Waals surface area contributed by atoms with Crippen LogP contribution in [0.3, 0.4) is 0 Å². The molecular formula is C12H12N2O3S. The summed E-state index contributed by atoms with van der Waals surface area (Å²) < 4.78 is 1.53. The number of nitrogens with zero attached hydrogens (tertiary/aromatic N) is 2. The Morgan fingerprint density at radius 1 is 1.44 bits per heavy atom. The minimum atomic E-state index is -0.947. The van der Waals surface area contributed by atoms with Gasteiger partial charge in [0.2, 0.25) is 0 Å². The van der Waals surface area contributed by atoms with E-state index in [1.807, 2.05) is 0 Å². The second-order valence-corrected chi connectivity index (χ2v) is 5.11. The van der Waals surface area contributed by atoms with Crippen LogP contribution in [-0.4, -0.2) is 20.6 Å². The van der Waals surface area contributed by atoms with Crippen LogP contribution in [0.5, 0.6) is 0 Å². The Morgan fingerprint density at radius 3 is 2.72 bits per heavy atom. The summed E-state index contributed by atoms with van der Waals surface area (Å²) in [5, 5.41) is 8.84. The van der Waals surface area contributed by atoms with Crippen molar-refractivity contribution in [2.24, 2.45) is 0 Å². The van der Waals surface area contributed by atoms with Gasteiger partial charge in [0.1, 0.15) is 10.7 Å². The minimum absolute atomic E-state index is 0.120. The second kappa shape index (κ2) is 4.73. The lowest BCUT2D eigenvalue weighted by Gasteiger charge is -2.07. The minimum Gasteiger partial charge on any atom is -0.477 e. The third-order valence-corrected chi connectivity index (χ3v) is 3.57. The van der Waals surface area contributed by atoms with Gasteiger partial charge in [0.05, 0.1) is 6.54 Å². The lowest BCUT2D eigenvalue weighted by atomic mass is 10.4. The first kappa shape index (κ1) is 12.5. The van der Waals surface area contributed by atoms with E-state index in [2.05, 4.69) is 4.98 Å². The fourth-order valence-corrected chi connectivity index (χ4v) is 2.53. The number of aromatic carboxylic acids is 1. The maximum Gasteiger partial charge on any atom is 0.345 e. The molecule has 0 saturated heterocycles. The summed E-state index contributed by atoms with van der Waals surface area (Å²) >= 11 is 1.17. The first-order chi connectivity index (χ1) is 8.47. The van der Waals surface area contributed by atoms with Crippen molar-refractivity contribution < 1.29 is 9.90 Å². The molecule has 2 aromatic heterocycles. The zero-order valence-corrected chi connectivity index (χ0v) is 10.8. The zero-order valence-electron chi connectivity index (χ0n) is 10.0. The fraction of sp³-hybridized carbons (Fsp3) is 0.250. The van der Waals surface area contributed by atoms with E-state index >= 15 is 0 Å². The first-order valence-electron chi connectivity index (χ1n) is 5.34. The maximum absolute atomic E-state index is 11.8. The molecule has 0 saturated carbocycles. The molecule has 0 fully saturated rings. The molecule has 0 bridgehead atoms. The molecule has 0 aliphatic carbocycles. The van der Waals surface area contributed by atoms with E-state index in [0.29, 0.717) is 18.1 Å². The van der Waals surface area contributed by atoms with Gasteiger partial charge < -0.3 is 5.11 Å². The molecule has 2 aromatic rings. The third-order valence-electron chi connectivity index (χ3n) is 2.51. The maximum atomic E-state index is 11.8.